The van der Waals surface area contributed by atoms with Crippen LogP contribution in [0, 0.1) is 5.82 Å². The highest BCUT2D eigenvalue weighted by atomic mass is 28.4. The average Bonchev–Trinajstić information content (AvgIpc) is 2.19. The minimum atomic E-state index is -2.32. The molecule has 0 aromatic heterocycles. The van der Waals surface area contributed by atoms with Crippen molar-refractivity contribution < 1.29 is 13.2 Å². The van der Waals surface area contributed by atoms with Crippen molar-refractivity contribution in [3.63, 3.8) is 0 Å². The Bertz CT molecular complexity index is 294. The van der Waals surface area contributed by atoms with E-state index in [0.29, 0.717) is 13.2 Å². The Morgan fingerprint density at radius 3 is 1.93 bits per heavy atom. The molecule has 0 fully saturated rings. The fraction of sp³-hybridized carbons (Fsp3) is 0.455. The fourth-order valence-corrected chi connectivity index (χ4v) is 3.80. The molecule has 0 N–H and O–H groups in total. The zero-order chi connectivity index (χ0) is 11.3. The highest BCUT2D eigenvalue weighted by Gasteiger charge is 2.33. The molecule has 0 aliphatic carbocycles. The second-order valence-corrected chi connectivity index (χ2v) is 6.36. The van der Waals surface area contributed by atoms with E-state index >= 15 is 0 Å². The molecule has 0 atom stereocenters. The summed E-state index contributed by atoms with van der Waals surface area (Å²) in [5.74, 6) is -0.233. The third-order valence-corrected chi connectivity index (χ3v) is 5.27. The molecule has 0 unspecified atom stereocenters. The minimum absolute atomic E-state index is 0.233. The summed E-state index contributed by atoms with van der Waals surface area (Å²) in [6.07, 6.45) is 0. The molecular formula is C11H17FO2Si. The Balaban J connectivity index is 2.92. The zero-order valence-corrected chi connectivity index (χ0v) is 10.4. The third kappa shape index (κ3) is 3.12. The van der Waals surface area contributed by atoms with Gasteiger partial charge in [-0.1, -0.05) is 12.1 Å². The number of benzene rings is 1. The maximum Gasteiger partial charge on any atom is 0.369 e. The molecule has 0 bridgehead atoms. The standard InChI is InChI=1S/C11H17FO2Si/c1-4-13-15(3,14-5-2)11-8-6-10(12)7-9-11/h6-9H,4-5H2,1-3H3. The lowest BCUT2D eigenvalue weighted by molar-refractivity contribution is 0.202. The van der Waals surface area contributed by atoms with E-state index in [1.165, 1.54) is 12.1 Å². The summed E-state index contributed by atoms with van der Waals surface area (Å²) in [7, 11) is -2.32. The van der Waals surface area contributed by atoms with Gasteiger partial charge < -0.3 is 8.85 Å². The summed E-state index contributed by atoms with van der Waals surface area (Å²) in [6.45, 7) is 7.08. The zero-order valence-electron chi connectivity index (χ0n) is 9.42. The predicted molar refractivity (Wildman–Crippen MR) is 60.9 cm³/mol. The van der Waals surface area contributed by atoms with Crippen molar-refractivity contribution in [2.75, 3.05) is 13.2 Å². The molecule has 0 spiro atoms. The SMILES string of the molecule is CCO[Si](C)(OCC)c1ccc(F)cc1. The van der Waals surface area contributed by atoms with Gasteiger partial charge in [-0.05, 0) is 37.7 Å². The largest absolute Gasteiger partial charge is 0.391 e. The first-order chi connectivity index (χ1) is 7.12. The van der Waals surface area contributed by atoms with Gasteiger partial charge in [0.1, 0.15) is 5.82 Å². The van der Waals surface area contributed by atoms with E-state index < -0.39 is 8.56 Å². The van der Waals surface area contributed by atoms with Crippen molar-refractivity contribution in [1.29, 1.82) is 0 Å². The van der Waals surface area contributed by atoms with Crippen LogP contribution >= 0.6 is 0 Å². The van der Waals surface area contributed by atoms with Crippen molar-refractivity contribution in [3.05, 3.63) is 30.1 Å². The minimum Gasteiger partial charge on any atom is -0.391 e. The molecule has 84 valence electrons. The molecule has 0 aliphatic rings. The van der Waals surface area contributed by atoms with Gasteiger partial charge >= 0.3 is 8.56 Å². The van der Waals surface area contributed by atoms with E-state index in [1.807, 2.05) is 20.4 Å². The maximum atomic E-state index is 12.8. The van der Waals surface area contributed by atoms with Gasteiger partial charge in [-0.3, -0.25) is 0 Å². The van der Waals surface area contributed by atoms with E-state index in [2.05, 4.69) is 0 Å². The Kier molecular flexibility index (Phi) is 4.44. The van der Waals surface area contributed by atoms with Gasteiger partial charge in [0.2, 0.25) is 0 Å². The molecule has 0 amide bonds. The van der Waals surface area contributed by atoms with E-state index in [4.69, 9.17) is 8.85 Å². The topological polar surface area (TPSA) is 18.5 Å². The molecule has 0 saturated carbocycles. The number of halogens is 1. The van der Waals surface area contributed by atoms with E-state index in [1.54, 1.807) is 12.1 Å². The summed E-state index contributed by atoms with van der Waals surface area (Å²) in [5, 5.41) is 0.965. The highest BCUT2D eigenvalue weighted by Crippen LogP contribution is 2.08. The second kappa shape index (κ2) is 5.39. The van der Waals surface area contributed by atoms with Gasteiger partial charge in [0.25, 0.3) is 0 Å². The number of hydrogen-bond donors (Lipinski definition) is 0. The van der Waals surface area contributed by atoms with Gasteiger partial charge in [0.15, 0.2) is 0 Å². The van der Waals surface area contributed by atoms with Crippen LogP contribution in [0.3, 0.4) is 0 Å². The van der Waals surface area contributed by atoms with Crippen molar-refractivity contribution in [2.45, 2.75) is 20.4 Å². The first kappa shape index (κ1) is 12.4. The van der Waals surface area contributed by atoms with Crippen molar-refractivity contribution >= 4 is 13.7 Å². The van der Waals surface area contributed by atoms with Crippen LogP contribution in [0.15, 0.2) is 24.3 Å². The van der Waals surface area contributed by atoms with Crippen molar-refractivity contribution in [3.8, 4) is 0 Å². The maximum absolute atomic E-state index is 12.8. The smallest absolute Gasteiger partial charge is 0.369 e. The van der Waals surface area contributed by atoms with Gasteiger partial charge in [-0.2, -0.15) is 0 Å². The number of rotatable bonds is 5. The summed E-state index contributed by atoms with van der Waals surface area (Å²) < 4.78 is 24.2. The van der Waals surface area contributed by atoms with Crippen LogP contribution in [0.1, 0.15) is 13.8 Å². The quantitative estimate of drug-likeness (QED) is 0.719. The molecule has 2 nitrogen and oxygen atoms in total. The normalized spacial score (nSPS) is 11.7. The van der Waals surface area contributed by atoms with Crippen LogP contribution in [-0.4, -0.2) is 21.8 Å². The molecule has 4 heteroatoms. The molecule has 1 aromatic rings. The van der Waals surface area contributed by atoms with Gasteiger partial charge in [-0.25, -0.2) is 4.39 Å². The van der Waals surface area contributed by atoms with Crippen LogP contribution in [0.2, 0.25) is 6.55 Å². The summed E-state index contributed by atoms with van der Waals surface area (Å²) in [6, 6.07) is 6.37. The van der Waals surface area contributed by atoms with Crippen molar-refractivity contribution in [2.24, 2.45) is 0 Å². The van der Waals surface area contributed by atoms with Gasteiger partial charge in [-0.15, -0.1) is 0 Å². The molecule has 0 radical (unpaired) electrons. The summed E-state index contributed by atoms with van der Waals surface area (Å²) in [5.41, 5.74) is 0. The molecule has 15 heavy (non-hydrogen) atoms. The van der Waals surface area contributed by atoms with Crippen LogP contribution in [0.25, 0.3) is 0 Å². The fourth-order valence-electron chi connectivity index (χ4n) is 1.51. The Hall–Kier alpha value is -0.713. The summed E-state index contributed by atoms with van der Waals surface area (Å²) in [4.78, 5) is 0. The highest BCUT2D eigenvalue weighted by molar-refractivity contribution is 6.79. The predicted octanol–water partition coefficient (Wildman–Crippen LogP) is 2.18. The van der Waals surface area contributed by atoms with Crippen LogP contribution < -0.4 is 5.19 Å². The van der Waals surface area contributed by atoms with E-state index in [0.717, 1.165) is 5.19 Å². The van der Waals surface area contributed by atoms with Gasteiger partial charge in [0, 0.05) is 13.2 Å². The van der Waals surface area contributed by atoms with Crippen LogP contribution in [-0.2, 0) is 8.85 Å². The van der Waals surface area contributed by atoms with Crippen molar-refractivity contribution in [1.82, 2.24) is 0 Å². The van der Waals surface area contributed by atoms with Gasteiger partial charge in [0.05, 0.1) is 0 Å². The van der Waals surface area contributed by atoms with E-state index in [9.17, 15) is 4.39 Å². The first-order valence-corrected chi connectivity index (χ1v) is 7.48. The average molecular weight is 228 g/mol. The Morgan fingerprint density at radius 1 is 1.07 bits per heavy atom. The van der Waals surface area contributed by atoms with Crippen LogP contribution in [0.4, 0.5) is 4.39 Å². The van der Waals surface area contributed by atoms with E-state index in [-0.39, 0.29) is 5.82 Å². The lowest BCUT2D eigenvalue weighted by Gasteiger charge is -2.26. The molecule has 1 rings (SSSR count). The number of hydrogen-bond acceptors (Lipinski definition) is 2. The lowest BCUT2D eigenvalue weighted by atomic mass is 10.3. The van der Waals surface area contributed by atoms with Crippen LogP contribution in [0.5, 0.6) is 0 Å². The summed E-state index contributed by atoms with van der Waals surface area (Å²) >= 11 is 0. The molecule has 0 saturated heterocycles. The third-order valence-electron chi connectivity index (χ3n) is 2.21. The molecule has 0 aliphatic heterocycles. The molecule has 1 aromatic carbocycles. The second-order valence-electron chi connectivity index (χ2n) is 3.32. The Morgan fingerprint density at radius 2 is 1.53 bits per heavy atom. The molecule has 0 heterocycles. The Labute approximate surface area is 91.3 Å². The molecular weight excluding hydrogens is 211 g/mol. The monoisotopic (exact) mass is 228 g/mol. The first-order valence-electron chi connectivity index (χ1n) is 5.16. The lowest BCUT2D eigenvalue weighted by Crippen LogP contribution is -2.51.